The van der Waals surface area contributed by atoms with Crippen molar-refractivity contribution in [1.82, 2.24) is 24.8 Å². The Balaban J connectivity index is 1.25. The van der Waals surface area contributed by atoms with Crippen molar-refractivity contribution in [3.8, 4) is 17.0 Å². The first-order valence-corrected chi connectivity index (χ1v) is 11.2. The maximum Gasteiger partial charge on any atom is 0.227 e. The number of piperazine rings is 1. The molecule has 3 aromatic heterocycles. The fourth-order valence-corrected chi connectivity index (χ4v) is 4.18. The first-order chi connectivity index (χ1) is 16.2. The van der Waals surface area contributed by atoms with Crippen molar-refractivity contribution in [2.24, 2.45) is 0 Å². The summed E-state index contributed by atoms with van der Waals surface area (Å²) in [6.07, 6.45) is 5.57. The molecule has 1 aliphatic rings. The number of benzene rings is 1. The van der Waals surface area contributed by atoms with Crippen molar-refractivity contribution >= 4 is 22.8 Å². The number of hydrogen-bond donors (Lipinski definition) is 1. The molecule has 0 saturated carbocycles. The summed E-state index contributed by atoms with van der Waals surface area (Å²) >= 11 is 0. The number of amides is 1. The van der Waals surface area contributed by atoms with E-state index in [9.17, 15) is 4.79 Å². The van der Waals surface area contributed by atoms with Gasteiger partial charge in [0.1, 0.15) is 23.5 Å². The number of nitrogens with one attached hydrogen (secondary N) is 1. The lowest BCUT2D eigenvalue weighted by molar-refractivity contribution is -0.130. The monoisotopic (exact) mass is 442 g/mol. The number of H-pyrrole nitrogens is 1. The molecule has 1 saturated heterocycles. The summed E-state index contributed by atoms with van der Waals surface area (Å²) in [6, 6.07) is 13.8. The Morgan fingerprint density at radius 3 is 2.64 bits per heavy atom. The fraction of sp³-hybridized carbons (Fsp3) is 0.280. The van der Waals surface area contributed by atoms with Crippen LogP contribution in [0.2, 0.25) is 0 Å². The average molecular weight is 443 g/mol. The van der Waals surface area contributed by atoms with Crippen molar-refractivity contribution in [3.63, 3.8) is 0 Å². The van der Waals surface area contributed by atoms with Crippen LogP contribution in [0.3, 0.4) is 0 Å². The first-order valence-electron chi connectivity index (χ1n) is 11.2. The van der Waals surface area contributed by atoms with Crippen LogP contribution in [0.25, 0.3) is 22.3 Å². The Kier molecular flexibility index (Phi) is 5.89. The minimum absolute atomic E-state index is 0.146. The lowest BCUT2D eigenvalue weighted by Crippen LogP contribution is -2.49. The highest BCUT2D eigenvalue weighted by Gasteiger charge is 2.24. The van der Waals surface area contributed by atoms with E-state index in [1.165, 1.54) is 0 Å². The molecule has 1 N–H and O–H groups in total. The molecule has 0 radical (unpaired) electrons. The second-order valence-corrected chi connectivity index (χ2v) is 8.01. The van der Waals surface area contributed by atoms with E-state index in [0.717, 1.165) is 52.5 Å². The molecule has 168 valence electrons. The van der Waals surface area contributed by atoms with E-state index in [0.29, 0.717) is 26.1 Å². The van der Waals surface area contributed by atoms with Crippen molar-refractivity contribution in [2.45, 2.75) is 13.3 Å². The number of pyridine rings is 1. The molecule has 1 aliphatic heterocycles. The van der Waals surface area contributed by atoms with Gasteiger partial charge < -0.3 is 19.5 Å². The molecule has 1 amide bonds. The smallest absolute Gasteiger partial charge is 0.227 e. The number of anilines is 1. The third-order valence-corrected chi connectivity index (χ3v) is 5.90. The van der Waals surface area contributed by atoms with Crippen LogP contribution in [-0.2, 0) is 11.2 Å². The zero-order valence-corrected chi connectivity index (χ0v) is 18.6. The minimum atomic E-state index is 0.146. The molecule has 33 heavy (non-hydrogen) atoms. The lowest BCUT2D eigenvalue weighted by Gasteiger charge is -2.35. The maximum atomic E-state index is 12.8. The molecule has 0 spiro atoms. The van der Waals surface area contributed by atoms with E-state index >= 15 is 0 Å². The Morgan fingerprint density at radius 2 is 1.91 bits per heavy atom. The standard InChI is InChI=1S/C25H26N6O2/c1-2-33-20-7-5-18(6-8-20)14-23(32)30-10-12-31(13-11-30)25-21-15-22(19-4-3-9-26-16-19)29-24(21)27-17-28-25/h3-9,15-17H,2,10-14H2,1H3,(H,27,28,29). The Morgan fingerprint density at radius 1 is 1.09 bits per heavy atom. The summed E-state index contributed by atoms with van der Waals surface area (Å²) in [5, 5.41) is 0.977. The van der Waals surface area contributed by atoms with Gasteiger partial charge >= 0.3 is 0 Å². The number of carbonyl (C=O) groups is 1. The number of rotatable bonds is 6. The summed E-state index contributed by atoms with van der Waals surface area (Å²) in [7, 11) is 0. The first kappa shape index (κ1) is 20.9. The van der Waals surface area contributed by atoms with E-state index in [-0.39, 0.29) is 5.91 Å². The third-order valence-electron chi connectivity index (χ3n) is 5.90. The largest absolute Gasteiger partial charge is 0.494 e. The van der Waals surface area contributed by atoms with Crippen molar-refractivity contribution in [2.75, 3.05) is 37.7 Å². The molecule has 0 unspecified atom stereocenters. The fourth-order valence-electron chi connectivity index (χ4n) is 4.18. The second-order valence-electron chi connectivity index (χ2n) is 8.01. The summed E-state index contributed by atoms with van der Waals surface area (Å²) < 4.78 is 5.48. The van der Waals surface area contributed by atoms with Gasteiger partial charge in [-0.05, 0) is 42.8 Å². The van der Waals surface area contributed by atoms with Gasteiger partial charge in [0.2, 0.25) is 5.91 Å². The highest BCUT2D eigenvalue weighted by atomic mass is 16.5. The Bertz CT molecular complexity index is 1230. The van der Waals surface area contributed by atoms with Crippen LogP contribution >= 0.6 is 0 Å². The predicted molar refractivity (Wildman–Crippen MR) is 127 cm³/mol. The summed E-state index contributed by atoms with van der Waals surface area (Å²) in [6.45, 7) is 5.39. The Labute approximate surface area is 192 Å². The van der Waals surface area contributed by atoms with Gasteiger partial charge in [0, 0.05) is 49.8 Å². The van der Waals surface area contributed by atoms with Gasteiger partial charge in [-0.1, -0.05) is 12.1 Å². The van der Waals surface area contributed by atoms with Crippen LogP contribution in [0.15, 0.2) is 61.2 Å². The predicted octanol–water partition coefficient (Wildman–Crippen LogP) is 3.31. The third kappa shape index (κ3) is 4.50. The summed E-state index contributed by atoms with van der Waals surface area (Å²) in [5.74, 6) is 1.87. The van der Waals surface area contributed by atoms with Gasteiger partial charge in [0.15, 0.2) is 0 Å². The molecule has 5 rings (SSSR count). The number of nitrogens with zero attached hydrogens (tertiary/aromatic N) is 5. The van der Waals surface area contributed by atoms with Crippen molar-refractivity contribution in [3.05, 3.63) is 66.7 Å². The maximum absolute atomic E-state index is 12.8. The SMILES string of the molecule is CCOc1ccc(CC(=O)N2CCN(c3ncnc4[nH]c(-c5cccnc5)cc34)CC2)cc1. The molecule has 0 aliphatic carbocycles. The van der Waals surface area contributed by atoms with Crippen LogP contribution in [0.4, 0.5) is 5.82 Å². The van der Waals surface area contributed by atoms with Crippen molar-refractivity contribution in [1.29, 1.82) is 0 Å². The number of ether oxygens (including phenoxy) is 1. The molecule has 0 bridgehead atoms. The molecule has 8 nitrogen and oxygen atoms in total. The number of carbonyl (C=O) groups excluding carboxylic acids is 1. The molecular weight excluding hydrogens is 416 g/mol. The van der Waals surface area contributed by atoms with Gasteiger partial charge in [0.05, 0.1) is 18.4 Å². The van der Waals surface area contributed by atoms with Crippen LogP contribution < -0.4 is 9.64 Å². The highest BCUT2D eigenvalue weighted by Crippen LogP contribution is 2.29. The number of fused-ring (bicyclic) bond motifs is 1. The number of hydrogen-bond acceptors (Lipinski definition) is 6. The van der Waals surface area contributed by atoms with Crippen LogP contribution in [0.5, 0.6) is 5.75 Å². The normalized spacial score (nSPS) is 14.0. The zero-order chi connectivity index (χ0) is 22.6. The zero-order valence-electron chi connectivity index (χ0n) is 18.6. The Hall–Kier alpha value is -3.94. The van der Waals surface area contributed by atoms with Crippen LogP contribution in [0, 0.1) is 0 Å². The van der Waals surface area contributed by atoms with Gasteiger partial charge in [-0.25, -0.2) is 9.97 Å². The molecule has 4 heterocycles. The molecular formula is C25H26N6O2. The van der Waals surface area contributed by atoms with E-state index < -0.39 is 0 Å². The molecule has 0 atom stereocenters. The van der Waals surface area contributed by atoms with Gasteiger partial charge in [-0.15, -0.1) is 0 Å². The quantitative estimate of drug-likeness (QED) is 0.493. The summed E-state index contributed by atoms with van der Waals surface area (Å²) in [4.78, 5) is 33.5. The van der Waals surface area contributed by atoms with Gasteiger partial charge in [0.25, 0.3) is 0 Å². The van der Waals surface area contributed by atoms with E-state index in [1.54, 1.807) is 12.5 Å². The van der Waals surface area contributed by atoms with Gasteiger partial charge in [-0.3, -0.25) is 9.78 Å². The van der Waals surface area contributed by atoms with Crippen LogP contribution in [0.1, 0.15) is 12.5 Å². The molecule has 1 fully saturated rings. The average Bonchev–Trinajstić information content (AvgIpc) is 3.31. The van der Waals surface area contributed by atoms with Crippen molar-refractivity contribution < 1.29 is 9.53 Å². The van der Waals surface area contributed by atoms with E-state index in [4.69, 9.17) is 4.74 Å². The molecule has 4 aromatic rings. The highest BCUT2D eigenvalue weighted by molar-refractivity contribution is 5.92. The second kappa shape index (κ2) is 9.28. The topological polar surface area (TPSA) is 87.2 Å². The van der Waals surface area contributed by atoms with Gasteiger partial charge in [-0.2, -0.15) is 0 Å². The minimum Gasteiger partial charge on any atom is -0.494 e. The van der Waals surface area contributed by atoms with Crippen LogP contribution in [-0.4, -0.2) is 63.5 Å². The molecule has 8 heteroatoms. The molecule has 1 aromatic carbocycles. The van der Waals surface area contributed by atoms with E-state index in [1.807, 2.05) is 54.4 Å². The lowest BCUT2D eigenvalue weighted by atomic mass is 10.1. The number of aromatic amines is 1. The van der Waals surface area contributed by atoms with E-state index in [2.05, 4.69) is 30.9 Å². The number of aromatic nitrogens is 4. The summed E-state index contributed by atoms with van der Waals surface area (Å²) in [5.41, 5.74) is 3.77.